The normalized spacial score (nSPS) is 24.8. The molecule has 0 aromatic carbocycles. The van der Waals surface area contributed by atoms with Gasteiger partial charge in [-0.1, -0.05) is 18.9 Å². The van der Waals surface area contributed by atoms with Gasteiger partial charge in [-0.25, -0.2) is 0 Å². The van der Waals surface area contributed by atoms with Gasteiger partial charge in [0.05, 0.1) is 0 Å². The van der Waals surface area contributed by atoms with Crippen molar-refractivity contribution in [3.05, 3.63) is 12.7 Å². The van der Waals surface area contributed by atoms with Gasteiger partial charge in [0.2, 0.25) is 8.40 Å². The zero-order chi connectivity index (χ0) is 12.1. The van der Waals surface area contributed by atoms with Crippen molar-refractivity contribution in [1.29, 1.82) is 0 Å². The van der Waals surface area contributed by atoms with Crippen LogP contribution in [0.5, 0.6) is 0 Å². The summed E-state index contributed by atoms with van der Waals surface area (Å²) in [4.78, 5) is 0. The highest BCUT2D eigenvalue weighted by atomic mass is 28.3. The van der Waals surface area contributed by atoms with Crippen LogP contribution in [-0.4, -0.2) is 43.7 Å². The predicted molar refractivity (Wildman–Crippen MR) is 77.5 cm³/mol. The van der Waals surface area contributed by atoms with Crippen LogP contribution in [0, 0.1) is 0 Å². The van der Waals surface area contributed by atoms with Crippen molar-refractivity contribution in [3.8, 4) is 0 Å². The van der Waals surface area contributed by atoms with E-state index in [2.05, 4.69) is 28.3 Å². The molecule has 0 saturated carbocycles. The summed E-state index contributed by atoms with van der Waals surface area (Å²) in [5.74, 6) is 0. The minimum absolute atomic E-state index is 1.24. The van der Waals surface area contributed by atoms with E-state index in [1.165, 1.54) is 70.7 Å². The highest BCUT2D eigenvalue weighted by molar-refractivity contribution is 6.73. The maximum atomic E-state index is 4.02. The van der Waals surface area contributed by atoms with E-state index in [1.54, 1.807) is 0 Å². The molecule has 17 heavy (non-hydrogen) atoms. The van der Waals surface area contributed by atoms with E-state index in [4.69, 9.17) is 0 Å². The molecule has 0 bridgehead atoms. The maximum Gasteiger partial charge on any atom is 0.207 e. The van der Waals surface area contributed by atoms with Crippen LogP contribution in [0.15, 0.2) is 12.7 Å². The molecule has 98 valence electrons. The van der Waals surface area contributed by atoms with Gasteiger partial charge >= 0.3 is 0 Å². The second-order valence-corrected chi connectivity index (χ2v) is 9.91. The lowest BCUT2D eigenvalue weighted by atomic mass is 10.2. The fourth-order valence-corrected chi connectivity index (χ4v) is 7.51. The van der Waals surface area contributed by atoms with Gasteiger partial charge in [0, 0.05) is 0 Å². The fraction of sp³-hybridized carbons (Fsp3) is 0.857. The third-order valence-corrected chi connectivity index (χ3v) is 9.29. The summed E-state index contributed by atoms with van der Waals surface area (Å²) in [5, 5.41) is 0. The Hall–Kier alpha value is -0.123. The first-order chi connectivity index (χ1) is 8.27. The van der Waals surface area contributed by atoms with Gasteiger partial charge < -0.3 is 9.13 Å². The highest BCUT2D eigenvalue weighted by Gasteiger charge is 2.40. The molecule has 0 spiro atoms. The van der Waals surface area contributed by atoms with Gasteiger partial charge in [0.1, 0.15) is 0 Å². The number of piperidine rings is 2. The van der Waals surface area contributed by atoms with Crippen molar-refractivity contribution < 1.29 is 0 Å². The van der Waals surface area contributed by atoms with Gasteiger partial charge in [-0.3, -0.25) is 0 Å². The predicted octanol–water partition coefficient (Wildman–Crippen LogP) is 3.22. The first-order valence-corrected chi connectivity index (χ1v) is 9.98. The van der Waals surface area contributed by atoms with Crippen LogP contribution in [0.2, 0.25) is 12.6 Å². The molecule has 0 radical (unpaired) electrons. The standard InChI is InChI=1S/C14H28N2Si/c1-3-14-17(2,15-10-6-4-7-11-15)16-12-8-5-9-13-16/h3H,1,4-14H2,2H3. The molecule has 2 heterocycles. The molecule has 2 nitrogen and oxygen atoms in total. The van der Waals surface area contributed by atoms with E-state index in [-0.39, 0.29) is 0 Å². The zero-order valence-corrected chi connectivity index (χ0v) is 12.5. The Morgan fingerprint density at radius 3 is 1.65 bits per heavy atom. The van der Waals surface area contributed by atoms with Crippen LogP contribution < -0.4 is 0 Å². The van der Waals surface area contributed by atoms with Crippen LogP contribution in [0.4, 0.5) is 0 Å². The molecule has 0 aliphatic carbocycles. The Morgan fingerprint density at radius 1 is 0.882 bits per heavy atom. The van der Waals surface area contributed by atoms with Gasteiger partial charge in [-0.2, -0.15) is 0 Å². The van der Waals surface area contributed by atoms with Crippen LogP contribution in [0.1, 0.15) is 38.5 Å². The number of hydrogen-bond acceptors (Lipinski definition) is 2. The van der Waals surface area contributed by atoms with E-state index in [0.717, 1.165) is 0 Å². The van der Waals surface area contributed by atoms with E-state index >= 15 is 0 Å². The number of rotatable bonds is 4. The van der Waals surface area contributed by atoms with Crippen molar-refractivity contribution in [2.45, 2.75) is 51.1 Å². The van der Waals surface area contributed by atoms with Gasteiger partial charge in [-0.05, 0) is 64.5 Å². The Labute approximate surface area is 108 Å². The minimum atomic E-state index is -1.40. The van der Waals surface area contributed by atoms with Crippen LogP contribution in [-0.2, 0) is 0 Å². The fourth-order valence-electron chi connectivity index (χ4n) is 3.48. The van der Waals surface area contributed by atoms with Gasteiger partial charge in [0.15, 0.2) is 0 Å². The smallest absolute Gasteiger partial charge is 0.207 e. The average Bonchev–Trinajstić information content (AvgIpc) is 2.41. The van der Waals surface area contributed by atoms with E-state index < -0.39 is 8.40 Å². The molecule has 2 aliphatic heterocycles. The Bertz CT molecular complexity index is 225. The van der Waals surface area contributed by atoms with E-state index in [0.29, 0.717) is 0 Å². The minimum Gasteiger partial charge on any atom is -0.311 e. The molecule has 0 amide bonds. The number of nitrogens with zero attached hydrogens (tertiary/aromatic N) is 2. The summed E-state index contributed by atoms with van der Waals surface area (Å²) in [6, 6.07) is 1.24. The monoisotopic (exact) mass is 252 g/mol. The molecule has 2 saturated heterocycles. The summed E-state index contributed by atoms with van der Waals surface area (Å²) in [5.41, 5.74) is 0. The van der Waals surface area contributed by atoms with E-state index in [1.807, 2.05) is 0 Å². The van der Waals surface area contributed by atoms with Gasteiger partial charge in [-0.15, -0.1) is 6.58 Å². The van der Waals surface area contributed by atoms with Crippen LogP contribution in [0.25, 0.3) is 0 Å². The lowest BCUT2D eigenvalue weighted by Crippen LogP contribution is -2.65. The second-order valence-electron chi connectivity index (χ2n) is 5.81. The largest absolute Gasteiger partial charge is 0.311 e. The zero-order valence-electron chi connectivity index (χ0n) is 11.5. The molecular weight excluding hydrogens is 224 g/mol. The lowest BCUT2D eigenvalue weighted by Gasteiger charge is -2.49. The molecular formula is C14H28N2Si. The molecule has 0 aromatic heterocycles. The highest BCUT2D eigenvalue weighted by Crippen LogP contribution is 2.27. The Morgan fingerprint density at radius 2 is 1.29 bits per heavy atom. The summed E-state index contributed by atoms with van der Waals surface area (Å²) >= 11 is 0. The Kier molecular flexibility index (Phi) is 4.83. The topological polar surface area (TPSA) is 6.48 Å². The first kappa shape index (κ1) is 13.3. The van der Waals surface area contributed by atoms with Crippen molar-refractivity contribution in [3.63, 3.8) is 0 Å². The third kappa shape index (κ3) is 3.01. The average molecular weight is 252 g/mol. The Balaban J connectivity index is 2.08. The summed E-state index contributed by atoms with van der Waals surface area (Å²) in [6.45, 7) is 12.0. The SMILES string of the molecule is C=CC[Si](C)(N1CCCCC1)N1CCCCC1. The number of hydrogen-bond donors (Lipinski definition) is 0. The summed E-state index contributed by atoms with van der Waals surface area (Å²) in [7, 11) is -1.40. The molecule has 2 fully saturated rings. The van der Waals surface area contributed by atoms with Crippen molar-refractivity contribution in [1.82, 2.24) is 9.13 Å². The van der Waals surface area contributed by atoms with E-state index in [9.17, 15) is 0 Å². The maximum absolute atomic E-state index is 4.02. The molecule has 0 N–H and O–H groups in total. The molecule has 2 aliphatic rings. The van der Waals surface area contributed by atoms with Crippen molar-refractivity contribution in [2.75, 3.05) is 26.2 Å². The van der Waals surface area contributed by atoms with Crippen LogP contribution >= 0.6 is 0 Å². The van der Waals surface area contributed by atoms with Gasteiger partial charge in [0.25, 0.3) is 0 Å². The molecule has 0 unspecified atom stereocenters. The molecule has 0 atom stereocenters. The van der Waals surface area contributed by atoms with Crippen molar-refractivity contribution in [2.24, 2.45) is 0 Å². The summed E-state index contributed by atoms with van der Waals surface area (Å²) in [6.07, 6.45) is 10.7. The second kappa shape index (κ2) is 6.16. The molecule has 3 heteroatoms. The molecule has 2 rings (SSSR count). The number of allylic oxidation sites excluding steroid dienone is 1. The quantitative estimate of drug-likeness (QED) is 0.560. The summed E-state index contributed by atoms with van der Waals surface area (Å²) < 4.78 is 5.70. The lowest BCUT2D eigenvalue weighted by molar-refractivity contribution is 0.263. The van der Waals surface area contributed by atoms with Crippen molar-refractivity contribution >= 4 is 8.40 Å². The third-order valence-electron chi connectivity index (χ3n) is 4.61. The first-order valence-electron chi connectivity index (χ1n) is 7.38. The molecule has 0 aromatic rings. The van der Waals surface area contributed by atoms with Crippen LogP contribution in [0.3, 0.4) is 0 Å².